The second-order valence-corrected chi connectivity index (χ2v) is 8.20. The van der Waals surface area contributed by atoms with Gasteiger partial charge in [0.15, 0.2) is 0 Å². The molecule has 2 aromatic rings. The Hall–Kier alpha value is -2.94. The average molecular weight is 434 g/mol. The van der Waals surface area contributed by atoms with Crippen LogP contribution in [-0.4, -0.2) is 37.0 Å². The molecule has 0 bridgehead atoms. The topological polar surface area (TPSA) is 102 Å². The second kappa shape index (κ2) is 8.83. The van der Waals surface area contributed by atoms with Gasteiger partial charge in [-0.15, -0.1) is 11.3 Å². The second-order valence-electron chi connectivity index (χ2n) is 7.18. The van der Waals surface area contributed by atoms with Crippen molar-refractivity contribution in [3.8, 4) is 0 Å². The Balaban J connectivity index is 1.86. The number of fused-ring (bicyclic) bond motifs is 1. The first-order valence-electron chi connectivity index (χ1n) is 9.68. The van der Waals surface area contributed by atoms with Crippen molar-refractivity contribution in [2.24, 2.45) is 5.73 Å². The van der Waals surface area contributed by atoms with Gasteiger partial charge < -0.3 is 20.7 Å². The summed E-state index contributed by atoms with van der Waals surface area (Å²) >= 11 is 0.952. The van der Waals surface area contributed by atoms with Crippen LogP contribution in [-0.2, 0) is 16.0 Å². The fourth-order valence-electron chi connectivity index (χ4n) is 3.64. The molecule has 3 rings (SSSR count). The van der Waals surface area contributed by atoms with Gasteiger partial charge in [-0.3, -0.25) is 9.59 Å². The van der Waals surface area contributed by atoms with E-state index in [0.717, 1.165) is 35.4 Å². The normalized spacial score (nSPS) is 15.5. The molecule has 9 heteroatoms. The molecule has 3 N–H and O–H groups in total. The number of hydrogen-bond donors (Lipinski definition) is 2. The summed E-state index contributed by atoms with van der Waals surface area (Å²) in [5, 5.41) is 2.96. The van der Waals surface area contributed by atoms with Crippen LogP contribution < -0.4 is 16.0 Å². The molecule has 2 heterocycles. The Bertz CT molecular complexity index is 1000. The Morgan fingerprint density at radius 3 is 2.77 bits per heavy atom. The Morgan fingerprint density at radius 2 is 2.10 bits per heavy atom. The number of benzene rings is 1. The van der Waals surface area contributed by atoms with Gasteiger partial charge in [0.1, 0.15) is 10.8 Å². The molecule has 0 saturated heterocycles. The molecule has 2 amide bonds. The molecule has 7 nitrogen and oxygen atoms in total. The van der Waals surface area contributed by atoms with Crippen LogP contribution in [0.2, 0.25) is 0 Å². The van der Waals surface area contributed by atoms with E-state index in [0.29, 0.717) is 5.56 Å². The lowest BCUT2D eigenvalue weighted by molar-refractivity contribution is -0.115. The maximum atomic E-state index is 13.6. The van der Waals surface area contributed by atoms with Crippen molar-refractivity contribution in [1.82, 2.24) is 0 Å². The van der Waals surface area contributed by atoms with Crippen molar-refractivity contribution in [3.05, 3.63) is 45.6 Å². The van der Waals surface area contributed by atoms with Crippen molar-refractivity contribution < 1.29 is 23.5 Å². The van der Waals surface area contributed by atoms with E-state index >= 15 is 0 Å². The number of thiophene rings is 1. The fourth-order valence-corrected chi connectivity index (χ4v) is 4.70. The van der Waals surface area contributed by atoms with Crippen LogP contribution in [0.4, 0.5) is 15.1 Å². The lowest BCUT2D eigenvalue weighted by Crippen LogP contribution is -2.42. The number of carbonyl (C=O) groups excluding carboxylic acids is 3. The molecule has 0 unspecified atom stereocenters. The minimum Gasteiger partial charge on any atom is -0.462 e. The molecule has 1 aliphatic heterocycles. The summed E-state index contributed by atoms with van der Waals surface area (Å²) in [4.78, 5) is 39.0. The average Bonchev–Trinajstić information content (AvgIpc) is 3.00. The Morgan fingerprint density at radius 1 is 1.37 bits per heavy atom. The van der Waals surface area contributed by atoms with Gasteiger partial charge in [0.25, 0.3) is 5.91 Å². The highest BCUT2D eigenvalue weighted by Gasteiger charge is 2.28. The molecule has 0 spiro atoms. The quantitative estimate of drug-likeness (QED) is 0.681. The molecule has 0 aliphatic carbocycles. The number of primary amides is 1. The lowest BCUT2D eigenvalue weighted by atomic mass is 9.96. The number of amides is 2. The first kappa shape index (κ1) is 21.8. The van der Waals surface area contributed by atoms with E-state index in [1.807, 2.05) is 11.8 Å². The van der Waals surface area contributed by atoms with E-state index < -0.39 is 11.9 Å². The molecule has 0 saturated carbocycles. The summed E-state index contributed by atoms with van der Waals surface area (Å²) in [5.74, 6) is -1.97. The molecule has 0 radical (unpaired) electrons. The van der Waals surface area contributed by atoms with Crippen molar-refractivity contribution >= 4 is 39.8 Å². The van der Waals surface area contributed by atoms with Crippen LogP contribution in [0.3, 0.4) is 0 Å². The minimum absolute atomic E-state index is 0.0188. The van der Waals surface area contributed by atoms with Crippen LogP contribution in [0.5, 0.6) is 0 Å². The smallest absolute Gasteiger partial charge is 0.341 e. The molecule has 160 valence electrons. The molecule has 1 atom stereocenters. The molecular formula is C21H24FN3O4S. The van der Waals surface area contributed by atoms with Crippen molar-refractivity contribution in [3.63, 3.8) is 0 Å². The number of halogens is 1. The third kappa shape index (κ3) is 4.30. The SMILES string of the molecule is CCOC(=O)c1c(NC(=O)CN2c3ccc(F)cc3CC[C@@H]2C)sc(C(N)=O)c1C. The van der Waals surface area contributed by atoms with Crippen molar-refractivity contribution in [1.29, 1.82) is 0 Å². The number of ether oxygens (including phenoxy) is 1. The van der Waals surface area contributed by atoms with Crippen LogP contribution in [0.15, 0.2) is 18.2 Å². The van der Waals surface area contributed by atoms with Gasteiger partial charge in [-0.2, -0.15) is 0 Å². The predicted octanol–water partition coefficient (Wildman–Crippen LogP) is 3.25. The fraction of sp³-hybridized carbons (Fsp3) is 0.381. The van der Waals surface area contributed by atoms with Crippen LogP contribution in [0.25, 0.3) is 0 Å². The number of carbonyl (C=O) groups is 3. The minimum atomic E-state index is -0.677. The zero-order valence-corrected chi connectivity index (χ0v) is 17.9. The molecule has 30 heavy (non-hydrogen) atoms. The number of aryl methyl sites for hydroxylation is 1. The number of nitrogens with zero attached hydrogens (tertiary/aromatic N) is 1. The van der Waals surface area contributed by atoms with Crippen LogP contribution in [0, 0.1) is 12.7 Å². The maximum Gasteiger partial charge on any atom is 0.341 e. The predicted molar refractivity (Wildman–Crippen MR) is 114 cm³/mol. The van der Waals surface area contributed by atoms with Crippen molar-refractivity contribution in [2.75, 3.05) is 23.4 Å². The molecular weight excluding hydrogens is 409 g/mol. The molecule has 1 aromatic carbocycles. The van der Waals surface area contributed by atoms with Crippen LogP contribution >= 0.6 is 11.3 Å². The van der Waals surface area contributed by atoms with Crippen molar-refractivity contribution in [2.45, 2.75) is 39.7 Å². The van der Waals surface area contributed by atoms with Gasteiger partial charge in [0.2, 0.25) is 5.91 Å². The number of rotatable bonds is 6. The van der Waals surface area contributed by atoms with Gasteiger partial charge in [-0.05, 0) is 62.9 Å². The monoisotopic (exact) mass is 433 g/mol. The molecule has 1 aromatic heterocycles. The zero-order chi connectivity index (χ0) is 22.0. The highest BCUT2D eigenvalue weighted by molar-refractivity contribution is 7.18. The van der Waals surface area contributed by atoms with Gasteiger partial charge in [-0.1, -0.05) is 0 Å². The van der Waals surface area contributed by atoms with Gasteiger partial charge >= 0.3 is 5.97 Å². The van der Waals surface area contributed by atoms with E-state index in [1.165, 1.54) is 12.1 Å². The largest absolute Gasteiger partial charge is 0.462 e. The third-order valence-electron chi connectivity index (χ3n) is 5.13. The van der Waals surface area contributed by atoms with Crippen LogP contribution in [0.1, 0.15) is 51.4 Å². The standard InChI is InChI=1S/C21H24FN3O4S/c1-4-29-21(28)17-12(3)18(19(23)27)30-20(17)24-16(26)10-25-11(2)5-6-13-9-14(22)7-8-15(13)25/h7-9,11H,4-6,10H2,1-3H3,(H2,23,27)(H,24,26)/t11-/m0/s1. The summed E-state index contributed by atoms with van der Waals surface area (Å²) < 4.78 is 18.6. The Kier molecular flexibility index (Phi) is 6.40. The number of nitrogens with two attached hydrogens (primary N) is 1. The van der Waals surface area contributed by atoms with Gasteiger partial charge in [0, 0.05) is 11.7 Å². The maximum absolute atomic E-state index is 13.6. The van der Waals surface area contributed by atoms with E-state index in [-0.39, 0.29) is 46.4 Å². The van der Waals surface area contributed by atoms with E-state index in [1.54, 1.807) is 19.9 Å². The number of hydrogen-bond acceptors (Lipinski definition) is 6. The Labute approximate surface area is 178 Å². The third-order valence-corrected chi connectivity index (χ3v) is 6.35. The molecule has 0 fully saturated rings. The first-order valence-corrected chi connectivity index (χ1v) is 10.5. The summed E-state index contributed by atoms with van der Waals surface area (Å²) in [6.07, 6.45) is 1.53. The lowest BCUT2D eigenvalue weighted by Gasteiger charge is -2.36. The number of nitrogens with one attached hydrogen (secondary N) is 1. The summed E-state index contributed by atoms with van der Waals surface area (Å²) in [7, 11) is 0. The van der Waals surface area contributed by atoms with E-state index in [9.17, 15) is 18.8 Å². The summed E-state index contributed by atoms with van der Waals surface area (Å²) in [5.41, 5.74) is 7.60. The first-order chi connectivity index (χ1) is 14.2. The number of anilines is 2. The number of esters is 1. The highest BCUT2D eigenvalue weighted by atomic mass is 32.1. The summed E-state index contributed by atoms with van der Waals surface area (Å²) in [6, 6.07) is 4.64. The summed E-state index contributed by atoms with van der Waals surface area (Å²) in [6.45, 7) is 5.45. The van der Waals surface area contributed by atoms with E-state index in [4.69, 9.17) is 10.5 Å². The van der Waals surface area contributed by atoms with Gasteiger partial charge in [-0.25, -0.2) is 9.18 Å². The zero-order valence-electron chi connectivity index (χ0n) is 17.1. The highest BCUT2D eigenvalue weighted by Crippen LogP contribution is 2.34. The molecule has 1 aliphatic rings. The van der Waals surface area contributed by atoms with Gasteiger partial charge in [0.05, 0.1) is 23.6 Å². The van der Waals surface area contributed by atoms with E-state index in [2.05, 4.69) is 5.32 Å².